The number of ether oxygens (including phenoxy) is 1. The number of benzene rings is 1. The zero-order valence-electron chi connectivity index (χ0n) is 19.5. The lowest BCUT2D eigenvalue weighted by Gasteiger charge is -2.40. The van der Waals surface area contributed by atoms with Crippen LogP contribution in [-0.4, -0.2) is 65.6 Å². The van der Waals surface area contributed by atoms with Crippen molar-refractivity contribution in [3.63, 3.8) is 0 Å². The van der Waals surface area contributed by atoms with Gasteiger partial charge in [0, 0.05) is 39.1 Å². The zero-order valence-corrected chi connectivity index (χ0v) is 21.8. The van der Waals surface area contributed by atoms with Crippen LogP contribution in [0, 0.1) is 0 Å². The Morgan fingerprint density at radius 3 is 2.50 bits per heavy atom. The van der Waals surface area contributed by atoms with E-state index in [0.29, 0.717) is 32.6 Å². The Hall–Kier alpha value is -2.04. The van der Waals surface area contributed by atoms with Crippen LogP contribution in [-0.2, 0) is 22.6 Å². The molecular weight excluding hydrogens is 521 g/mol. The Balaban J connectivity index is 0.00000363. The van der Waals surface area contributed by atoms with Gasteiger partial charge in [-0.1, -0.05) is 24.3 Å². The van der Waals surface area contributed by atoms with Gasteiger partial charge in [0.15, 0.2) is 5.96 Å². The lowest BCUT2D eigenvalue weighted by molar-refractivity contribution is -0.128. The number of rotatable bonds is 6. The molecule has 2 heterocycles. The van der Waals surface area contributed by atoms with Crippen molar-refractivity contribution in [2.45, 2.75) is 65.3 Å². The van der Waals surface area contributed by atoms with Crippen LogP contribution in [0.4, 0.5) is 4.79 Å². The second-order valence-corrected chi connectivity index (χ2v) is 9.11. The monoisotopic (exact) mass is 557 g/mol. The van der Waals surface area contributed by atoms with E-state index in [9.17, 15) is 9.59 Å². The summed E-state index contributed by atoms with van der Waals surface area (Å²) in [6.45, 7) is 11.6. The fourth-order valence-corrected chi connectivity index (χ4v) is 3.67. The molecule has 0 aromatic heterocycles. The maximum Gasteiger partial charge on any atom is 0.410 e. The van der Waals surface area contributed by atoms with Crippen molar-refractivity contribution in [3.8, 4) is 0 Å². The van der Waals surface area contributed by atoms with Gasteiger partial charge in [-0.15, -0.1) is 24.0 Å². The number of halogens is 1. The summed E-state index contributed by atoms with van der Waals surface area (Å²) in [6, 6.07) is 8.29. The number of amides is 2. The molecule has 1 aromatic rings. The molecule has 9 heteroatoms. The van der Waals surface area contributed by atoms with Crippen LogP contribution in [0.1, 0.15) is 51.7 Å². The maximum atomic E-state index is 12.1. The quantitative estimate of drug-likeness (QED) is 0.319. The van der Waals surface area contributed by atoms with Gasteiger partial charge in [0.05, 0.1) is 12.6 Å². The third-order valence-corrected chi connectivity index (χ3v) is 5.28. The summed E-state index contributed by atoms with van der Waals surface area (Å²) < 4.78 is 5.41. The van der Waals surface area contributed by atoms with Gasteiger partial charge in [0.25, 0.3) is 0 Å². The second-order valence-electron chi connectivity index (χ2n) is 9.11. The summed E-state index contributed by atoms with van der Waals surface area (Å²) in [5, 5.41) is 6.67. The third-order valence-electron chi connectivity index (χ3n) is 5.28. The predicted octanol–water partition coefficient (Wildman–Crippen LogP) is 3.10. The highest BCUT2D eigenvalue weighted by atomic mass is 127. The molecule has 178 valence electrons. The fourth-order valence-electron chi connectivity index (χ4n) is 3.67. The smallest absolute Gasteiger partial charge is 0.410 e. The SMILES string of the molecule is CCNC(=NCc1ccccc1CN1CCCC1=O)NC1CN(C(=O)OC(C)(C)C)C1.I. The Morgan fingerprint density at radius 1 is 1.22 bits per heavy atom. The van der Waals surface area contributed by atoms with E-state index in [2.05, 4.69) is 22.8 Å². The van der Waals surface area contributed by atoms with Crippen molar-refractivity contribution in [1.29, 1.82) is 0 Å². The van der Waals surface area contributed by atoms with Gasteiger partial charge < -0.3 is 25.2 Å². The lowest BCUT2D eigenvalue weighted by atomic mass is 10.1. The molecule has 0 bridgehead atoms. The molecule has 1 aromatic carbocycles. The van der Waals surface area contributed by atoms with Crippen molar-refractivity contribution in [3.05, 3.63) is 35.4 Å². The summed E-state index contributed by atoms with van der Waals surface area (Å²) in [7, 11) is 0. The van der Waals surface area contributed by atoms with Crippen LogP contribution >= 0.6 is 24.0 Å². The highest BCUT2D eigenvalue weighted by Crippen LogP contribution is 2.18. The Kier molecular flexibility index (Phi) is 9.60. The third kappa shape index (κ3) is 7.53. The molecule has 0 atom stereocenters. The van der Waals surface area contributed by atoms with Gasteiger partial charge in [0.2, 0.25) is 5.91 Å². The number of nitrogens with zero attached hydrogens (tertiary/aromatic N) is 3. The van der Waals surface area contributed by atoms with Crippen LogP contribution in [0.15, 0.2) is 29.3 Å². The first kappa shape index (κ1) is 26.2. The summed E-state index contributed by atoms with van der Waals surface area (Å²) in [5.74, 6) is 0.955. The minimum absolute atomic E-state index is 0. The first-order valence-corrected chi connectivity index (χ1v) is 11.1. The van der Waals surface area contributed by atoms with E-state index in [-0.39, 0.29) is 42.0 Å². The van der Waals surface area contributed by atoms with Crippen molar-refractivity contribution < 1.29 is 14.3 Å². The highest BCUT2D eigenvalue weighted by Gasteiger charge is 2.34. The number of hydrogen-bond acceptors (Lipinski definition) is 4. The summed E-state index contributed by atoms with van der Waals surface area (Å²) >= 11 is 0. The summed E-state index contributed by atoms with van der Waals surface area (Å²) in [5.41, 5.74) is 1.76. The standard InChI is InChI=1S/C23H35N5O3.HI/c1-5-24-21(26-19-15-28(16-19)22(30)31-23(2,3)4)25-13-17-9-6-7-10-18(17)14-27-12-8-11-20(27)29;/h6-7,9-10,19H,5,8,11-16H2,1-4H3,(H2,24,25,26);1H. The molecule has 32 heavy (non-hydrogen) atoms. The predicted molar refractivity (Wildman–Crippen MR) is 136 cm³/mol. The van der Waals surface area contributed by atoms with Crippen molar-refractivity contribution >= 4 is 41.9 Å². The van der Waals surface area contributed by atoms with Gasteiger partial charge >= 0.3 is 6.09 Å². The van der Waals surface area contributed by atoms with E-state index in [1.54, 1.807) is 4.90 Å². The number of aliphatic imine (C=N–C) groups is 1. The average Bonchev–Trinajstić information content (AvgIpc) is 3.06. The number of nitrogens with one attached hydrogen (secondary N) is 2. The van der Waals surface area contributed by atoms with Crippen LogP contribution in [0.25, 0.3) is 0 Å². The van der Waals surface area contributed by atoms with Crippen molar-refractivity contribution in [1.82, 2.24) is 20.4 Å². The van der Waals surface area contributed by atoms with Gasteiger partial charge in [0.1, 0.15) is 5.60 Å². The number of carbonyl (C=O) groups is 2. The van der Waals surface area contributed by atoms with E-state index in [1.807, 2.05) is 44.7 Å². The lowest BCUT2D eigenvalue weighted by Crippen LogP contribution is -2.63. The van der Waals surface area contributed by atoms with Crippen molar-refractivity contribution in [2.24, 2.45) is 4.99 Å². The molecule has 3 rings (SSSR count). The second kappa shape index (κ2) is 11.7. The average molecular weight is 557 g/mol. The molecule has 2 fully saturated rings. The molecule has 2 aliphatic heterocycles. The molecule has 0 saturated carbocycles. The van der Waals surface area contributed by atoms with Crippen LogP contribution in [0.5, 0.6) is 0 Å². The van der Waals surface area contributed by atoms with E-state index in [4.69, 9.17) is 9.73 Å². The largest absolute Gasteiger partial charge is 0.444 e. The van der Waals surface area contributed by atoms with E-state index >= 15 is 0 Å². The Labute approximate surface area is 208 Å². The van der Waals surface area contributed by atoms with Crippen LogP contribution in [0.3, 0.4) is 0 Å². The molecular formula is C23H36IN5O3. The van der Waals surface area contributed by atoms with E-state index in [1.165, 1.54) is 0 Å². The molecule has 2 aliphatic rings. The molecule has 0 radical (unpaired) electrons. The van der Waals surface area contributed by atoms with Gasteiger partial charge in [-0.3, -0.25) is 4.79 Å². The van der Waals surface area contributed by atoms with E-state index in [0.717, 1.165) is 36.6 Å². The minimum Gasteiger partial charge on any atom is -0.444 e. The molecule has 2 amide bonds. The van der Waals surface area contributed by atoms with Gasteiger partial charge in [-0.2, -0.15) is 0 Å². The highest BCUT2D eigenvalue weighted by molar-refractivity contribution is 14.0. The number of guanidine groups is 1. The molecule has 0 spiro atoms. The van der Waals surface area contributed by atoms with Crippen molar-refractivity contribution in [2.75, 3.05) is 26.2 Å². The first-order valence-electron chi connectivity index (χ1n) is 11.1. The molecule has 8 nitrogen and oxygen atoms in total. The van der Waals surface area contributed by atoms with Gasteiger partial charge in [-0.05, 0) is 45.2 Å². The number of likely N-dealkylation sites (tertiary alicyclic amines) is 2. The maximum absolute atomic E-state index is 12.1. The summed E-state index contributed by atoms with van der Waals surface area (Å²) in [6.07, 6.45) is 1.31. The number of carbonyl (C=O) groups excluding carboxylic acids is 2. The van der Waals surface area contributed by atoms with Gasteiger partial charge in [-0.25, -0.2) is 9.79 Å². The minimum atomic E-state index is -0.487. The topological polar surface area (TPSA) is 86.3 Å². The normalized spacial score (nSPS) is 17.0. The molecule has 2 saturated heterocycles. The zero-order chi connectivity index (χ0) is 22.4. The van der Waals surface area contributed by atoms with E-state index < -0.39 is 5.60 Å². The summed E-state index contributed by atoms with van der Waals surface area (Å²) in [4.78, 5) is 32.5. The first-order chi connectivity index (χ1) is 14.7. The molecule has 2 N–H and O–H groups in total. The molecule has 0 unspecified atom stereocenters. The van der Waals surface area contributed by atoms with Crippen LogP contribution in [0.2, 0.25) is 0 Å². The fraction of sp³-hybridized carbons (Fsp3) is 0.609. The Bertz CT molecular complexity index is 818. The molecule has 0 aliphatic carbocycles. The van der Waals surface area contributed by atoms with Crippen LogP contribution < -0.4 is 10.6 Å². The number of hydrogen-bond donors (Lipinski definition) is 2. The Morgan fingerprint density at radius 2 is 1.91 bits per heavy atom.